The van der Waals surface area contributed by atoms with E-state index in [9.17, 15) is 0 Å². The van der Waals surface area contributed by atoms with Crippen molar-refractivity contribution in [1.29, 1.82) is 0 Å². The molecule has 0 bridgehead atoms. The van der Waals surface area contributed by atoms with Crippen molar-refractivity contribution in [1.82, 2.24) is 10.6 Å². The molecule has 0 aromatic rings. The molecule has 0 fully saturated rings. The van der Waals surface area contributed by atoms with E-state index in [0.717, 1.165) is 12.8 Å². The molecule has 0 aliphatic rings. The van der Waals surface area contributed by atoms with Crippen LogP contribution in [0.4, 0.5) is 0 Å². The van der Waals surface area contributed by atoms with Crippen LogP contribution < -0.4 is 10.6 Å². The average molecular weight is 341 g/mol. The van der Waals surface area contributed by atoms with Gasteiger partial charge in [-0.2, -0.15) is 0 Å². The quantitative estimate of drug-likeness (QED) is 0.526. The summed E-state index contributed by atoms with van der Waals surface area (Å²) in [5.41, 5.74) is 0.797. The van der Waals surface area contributed by atoms with E-state index in [1.54, 1.807) is 0 Å². The van der Waals surface area contributed by atoms with Crippen LogP contribution in [0.1, 0.15) is 109 Å². The van der Waals surface area contributed by atoms with Gasteiger partial charge in [0.25, 0.3) is 0 Å². The fourth-order valence-electron chi connectivity index (χ4n) is 5.47. The number of nitrogens with one attached hydrogen (secondary N) is 2. The maximum Gasteiger partial charge on any atom is 0.0147 e. The first-order chi connectivity index (χ1) is 10.2. The zero-order valence-corrected chi connectivity index (χ0v) is 19.2. The minimum absolute atomic E-state index is 0.0825. The summed E-state index contributed by atoms with van der Waals surface area (Å²) in [6.07, 6.45) is 3.45. The fourth-order valence-corrected chi connectivity index (χ4v) is 5.47. The van der Waals surface area contributed by atoms with Crippen molar-refractivity contribution < 1.29 is 0 Å². The number of hydrogen-bond donors (Lipinski definition) is 2. The highest BCUT2D eigenvalue weighted by molar-refractivity contribution is 4.98. The van der Waals surface area contributed by atoms with E-state index < -0.39 is 0 Å². The molecular formula is C22H48N2. The van der Waals surface area contributed by atoms with Gasteiger partial charge in [-0.1, -0.05) is 34.6 Å². The molecule has 0 amide bonds. The molecule has 0 aromatic heterocycles. The second-order valence-electron chi connectivity index (χ2n) is 12.3. The van der Waals surface area contributed by atoms with Gasteiger partial charge >= 0.3 is 0 Å². The lowest BCUT2D eigenvalue weighted by molar-refractivity contribution is 0.141. The van der Waals surface area contributed by atoms with Crippen LogP contribution in [0.2, 0.25) is 0 Å². The van der Waals surface area contributed by atoms with Gasteiger partial charge in [-0.15, -0.1) is 0 Å². The van der Waals surface area contributed by atoms with Crippen LogP contribution in [0.15, 0.2) is 0 Å². The van der Waals surface area contributed by atoms with Crippen molar-refractivity contribution in [3.8, 4) is 0 Å². The lowest BCUT2D eigenvalue weighted by Gasteiger charge is -2.46. The molecule has 0 saturated carbocycles. The normalized spacial score (nSPS) is 15.2. The number of hydrogen-bond acceptors (Lipinski definition) is 2. The molecule has 0 atom stereocenters. The zero-order valence-electron chi connectivity index (χ0n) is 19.2. The Morgan fingerprint density at radius 3 is 1.21 bits per heavy atom. The topological polar surface area (TPSA) is 24.1 Å². The summed E-state index contributed by atoms with van der Waals surface area (Å²) in [4.78, 5) is 0. The third kappa shape index (κ3) is 11.5. The summed E-state index contributed by atoms with van der Waals surface area (Å²) < 4.78 is 0. The molecule has 0 aliphatic carbocycles. The molecule has 146 valence electrons. The van der Waals surface area contributed by atoms with Crippen LogP contribution in [0.3, 0.4) is 0 Å². The van der Waals surface area contributed by atoms with Gasteiger partial charge in [0.1, 0.15) is 0 Å². The number of rotatable bonds is 9. The van der Waals surface area contributed by atoms with E-state index in [2.05, 4.69) is 101 Å². The van der Waals surface area contributed by atoms with E-state index in [1.165, 1.54) is 6.42 Å². The van der Waals surface area contributed by atoms with Crippen molar-refractivity contribution in [3.63, 3.8) is 0 Å². The van der Waals surface area contributed by atoms with Crippen molar-refractivity contribution in [2.24, 2.45) is 11.3 Å². The van der Waals surface area contributed by atoms with Gasteiger partial charge in [0.2, 0.25) is 0 Å². The van der Waals surface area contributed by atoms with Crippen molar-refractivity contribution >= 4 is 0 Å². The lowest BCUT2D eigenvalue weighted by atomic mass is 9.78. The van der Waals surface area contributed by atoms with Gasteiger partial charge in [-0.3, -0.25) is 0 Å². The second kappa shape index (κ2) is 7.66. The summed E-state index contributed by atoms with van der Waals surface area (Å²) in [6.45, 7) is 30.3. The summed E-state index contributed by atoms with van der Waals surface area (Å²) in [6, 6.07) is 0. The highest BCUT2D eigenvalue weighted by atomic mass is 15.1. The summed E-state index contributed by atoms with van der Waals surface area (Å²) >= 11 is 0. The van der Waals surface area contributed by atoms with Gasteiger partial charge in [0, 0.05) is 22.2 Å². The molecule has 24 heavy (non-hydrogen) atoms. The Hall–Kier alpha value is -0.0800. The van der Waals surface area contributed by atoms with E-state index in [-0.39, 0.29) is 22.2 Å². The molecule has 0 spiro atoms. The van der Waals surface area contributed by atoms with Crippen molar-refractivity contribution in [2.45, 2.75) is 131 Å². The molecular weight excluding hydrogens is 292 g/mol. The minimum Gasteiger partial charge on any atom is -0.307 e. The Bertz CT molecular complexity index is 381. The zero-order chi connectivity index (χ0) is 19.6. The van der Waals surface area contributed by atoms with Gasteiger partial charge in [0.15, 0.2) is 0 Å². The van der Waals surface area contributed by atoms with Crippen molar-refractivity contribution in [2.75, 3.05) is 0 Å². The van der Waals surface area contributed by atoms with Gasteiger partial charge in [0.05, 0.1) is 0 Å². The minimum atomic E-state index is 0.0825. The van der Waals surface area contributed by atoms with E-state index in [0.29, 0.717) is 11.3 Å². The van der Waals surface area contributed by atoms with E-state index in [4.69, 9.17) is 0 Å². The SMILES string of the molecule is CC(C)CC(C)(C)NC(C)(C)CC(C)(C)NC(C)(C)CC(C)(C)C. The van der Waals surface area contributed by atoms with Crippen LogP contribution in [0, 0.1) is 11.3 Å². The molecule has 0 aliphatic heterocycles. The van der Waals surface area contributed by atoms with Crippen molar-refractivity contribution in [3.05, 3.63) is 0 Å². The van der Waals surface area contributed by atoms with Crippen LogP contribution in [0.25, 0.3) is 0 Å². The predicted octanol–water partition coefficient (Wildman–Crippen LogP) is 6.15. The van der Waals surface area contributed by atoms with E-state index >= 15 is 0 Å². The second-order valence-corrected chi connectivity index (χ2v) is 12.3. The highest BCUT2D eigenvalue weighted by Gasteiger charge is 2.37. The smallest absolute Gasteiger partial charge is 0.0147 e. The predicted molar refractivity (Wildman–Crippen MR) is 111 cm³/mol. The van der Waals surface area contributed by atoms with Crippen LogP contribution in [0.5, 0.6) is 0 Å². The molecule has 0 unspecified atom stereocenters. The Labute approximate surface area is 154 Å². The van der Waals surface area contributed by atoms with Gasteiger partial charge in [-0.05, 0) is 86.0 Å². The molecule has 2 nitrogen and oxygen atoms in total. The monoisotopic (exact) mass is 340 g/mol. The molecule has 0 radical (unpaired) electrons. The molecule has 2 N–H and O–H groups in total. The molecule has 0 aromatic carbocycles. The fraction of sp³-hybridized carbons (Fsp3) is 1.00. The van der Waals surface area contributed by atoms with Gasteiger partial charge < -0.3 is 10.6 Å². The van der Waals surface area contributed by atoms with Gasteiger partial charge in [-0.25, -0.2) is 0 Å². The third-order valence-electron chi connectivity index (χ3n) is 4.13. The van der Waals surface area contributed by atoms with Crippen LogP contribution in [-0.4, -0.2) is 22.2 Å². The molecule has 0 rings (SSSR count). The maximum atomic E-state index is 3.93. The van der Waals surface area contributed by atoms with Crippen LogP contribution >= 0.6 is 0 Å². The first kappa shape index (κ1) is 23.9. The molecule has 2 heteroatoms. The molecule has 0 saturated heterocycles. The standard InChI is InChI=1S/C22H48N2/c1-17(2)14-19(6,7)23-21(10,11)16-22(12,13)24-20(8,9)15-18(3,4)5/h17,23-24H,14-16H2,1-13H3. The van der Waals surface area contributed by atoms with Crippen LogP contribution in [-0.2, 0) is 0 Å². The first-order valence-electron chi connectivity index (χ1n) is 9.83. The highest BCUT2D eigenvalue weighted by Crippen LogP contribution is 2.31. The first-order valence-corrected chi connectivity index (χ1v) is 9.83. The lowest BCUT2D eigenvalue weighted by Crippen LogP contribution is -2.60. The maximum absolute atomic E-state index is 3.93. The molecule has 0 heterocycles. The largest absolute Gasteiger partial charge is 0.307 e. The Morgan fingerprint density at radius 2 is 0.875 bits per heavy atom. The average Bonchev–Trinajstić information content (AvgIpc) is 2.00. The van der Waals surface area contributed by atoms with E-state index in [1.807, 2.05) is 0 Å². The Kier molecular flexibility index (Phi) is 7.63. The Balaban J connectivity index is 4.94. The third-order valence-corrected chi connectivity index (χ3v) is 4.13. The summed E-state index contributed by atoms with van der Waals surface area (Å²) in [7, 11) is 0. The Morgan fingerprint density at radius 1 is 0.542 bits per heavy atom. The summed E-state index contributed by atoms with van der Waals surface area (Å²) in [5.74, 6) is 0.708. The summed E-state index contributed by atoms with van der Waals surface area (Å²) in [5, 5.41) is 7.85.